The highest BCUT2D eigenvalue weighted by molar-refractivity contribution is 6.08. The molecule has 0 radical (unpaired) electrons. The zero-order chi connectivity index (χ0) is 26.6. The van der Waals surface area contributed by atoms with E-state index in [1.54, 1.807) is 6.92 Å². The van der Waals surface area contributed by atoms with Crippen molar-refractivity contribution in [2.24, 2.45) is 40.5 Å². The minimum atomic E-state index is -1.30. The lowest BCUT2D eigenvalue weighted by Crippen LogP contribution is -2.53. The van der Waals surface area contributed by atoms with Gasteiger partial charge in [-0.3, -0.25) is 19.4 Å². The highest BCUT2D eigenvalue weighted by Crippen LogP contribution is 2.58. The van der Waals surface area contributed by atoms with E-state index in [-0.39, 0.29) is 72.7 Å². The number of anilines is 1. The molecular weight excluding hydrogens is 488 g/mol. The van der Waals surface area contributed by atoms with Crippen LogP contribution in [0.3, 0.4) is 0 Å². The van der Waals surface area contributed by atoms with E-state index in [1.165, 1.54) is 12.2 Å². The van der Waals surface area contributed by atoms with Crippen molar-refractivity contribution < 1.29 is 34.1 Å². The Labute approximate surface area is 222 Å². The second-order valence-corrected chi connectivity index (χ2v) is 12.6. The number of ether oxygens (including phenoxy) is 2. The van der Waals surface area contributed by atoms with Crippen molar-refractivity contribution in [1.82, 2.24) is 0 Å². The quantitative estimate of drug-likeness (QED) is 0.566. The van der Waals surface area contributed by atoms with Crippen molar-refractivity contribution >= 4 is 23.3 Å². The number of carbonyl (C=O) groups excluding carboxylic acids is 2. The number of nitrogens with zero attached hydrogens (tertiary/aromatic N) is 2. The molecule has 38 heavy (non-hydrogen) atoms. The normalized spacial score (nSPS) is 44.2. The molecule has 8 rings (SSSR count). The number of hydroxylamine groups is 1. The summed E-state index contributed by atoms with van der Waals surface area (Å²) >= 11 is 0. The maximum absolute atomic E-state index is 13.9. The molecule has 2 aliphatic carbocycles. The summed E-state index contributed by atoms with van der Waals surface area (Å²) in [5.74, 6) is -0.660. The third-order valence-corrected chi connectivity index (χ3v) is 10.7. The van der Waals surface area contributed by atoms with E-state index in [0.717, 1.165) is 23.4 Å². The van der Waals surface area contributed by atoms with E-state index in [4.69, 9.17) is 19.3 Å². The van der Waals surface area contributed by atoms with Gasteiger partial charge >= 0.3 is 5.97 Å². The number of aliphatic imine (C=N–C) groups is 1. The Balaban J connectivity index is 1.21. The molecule has 9 heteroatoms. The molecule has 4 bridgehead atoms. The number of rotatable bonds is 5. The van der Waals surface area contributed by atoms with Crippen molar-refractivity contribution in [2.75, 3.05) is 25.4 Å². The van der Waals surface area contributed by atoms with Crippen LogP contribution in [0, 0.1) is 35.5 Å². The molecule has 11 unspecified atom stereocenters. The Morgan fingerprint density at radius 3 is 2.82 bits per heavy atom. The molecule has 1 aromatic carbocycles. The number of benzene rings is 1. The van der Waals surface area contributed by atoms with Gasteiger partial charge in [0, 0.05) is 30.1 Å². The SMILES string of the molecule is CON1C(=O)C2(CC3N=C(C(C)(O)CC4C(=O)OC5CC(C)C(CO)C54)C4CC2OCC34)c2ccccc21. The van der Waals surface area contributed by atoms with E-state index < -0.39 is 16.9 Å². The number of aliphatic hydroxyl groups excluding tert-OH is 1. The van der Waals surface area contributed by atoms with Crippen LogP contribution in [0.1, 0.15) is 45.1 Å². The van der Waals surface area contributed by atoms with Crippen LogP contribution in [0.15, 0.2) is 29.3 Å². The Morgan fingerprint density at radius 2 is 2.05 bits per heavy atom. The summed E-state index contributed by atoms with van der Waals surface area (Å²) in [5, 5.41) is 23.3. The lowest BCUT2D eigenvalue weighted by molar-refractivity contribution is -0.146. The fourth-order valence-corrected chi connectivity index (χ4v) is 9.03. The van der Waals surface area contributed by atoms with Gasteiger partial charge in [-0.1, -0.05) is 25.1 Å². The van der Waals surface area contributed by atoms with Crippen LogP contribution < -0.4 is 5.06 Å². The largest absolute Gasteiger partial charge is 0.462 e. The van der Waals surface area contributed by atoms with Crippen molar-refractivity contribution in [1.29, 1.82) is 0 Å². The van der Waals surface area contributed by atoms with E-state index >= 15 is 0 Å². The van der Waals surface area contributed by atoms with Gasteiger partial charge in [0.25, 0.3) is 5.91 Å². The van der Waals surface area contributed by atoms with Gasteiger partial charge in [0.1, 0.15) is 17.1 Å². The highest BCUT2D eigenvalue weighted by atomic mass is 16.7. The van der Waals surface area contributed by atoms with Crippen LogP contribution in [0.4, 0.5) is 5.69 Å². The number of fused-ring (bicyclic) bond motifs is 3. The van der Waals surface area contributed by atoms with Crippen LogP contribution in [0.25, 0.3) is 0 Å². The maximum atomic E-state index is 13.9. The molecule has 5 aliphatic heterocycles. The zero-order valence-corrected chi connectivity index (χ0v) is 22.1. The lowest BCUT2D eigenvalue weighted by atomic mass is 9.70. The highest BCUT2D eigenvalue weighted by Gasteiger charge is 2.66. The fourth-order valence-electron chi connectivity index (χ4n) is 9.03. The molecule has 5 heterocycles. The van der Waals surface area contributed by atoms with Gasteiger partial charge in [-0.15, -0.1) is 0 Å². The number of hydrogen-bond acceptors (Lipinski definition) is 8. The molecule has 3 saturated heterocycles. The summed E-state index contributed by atoms with van der Waals surface area (Å²) in [6, 6.07) is 7.56. The summed E-state index contributed by atoms with van der Waals surface area (Å²) in [7, 11) is 1.51. The minimum Gasteiger partial charge on any atom is -0.462 e. The van der Waals surface area contributed by atoms with E-state index in [1.807, 2.05) is 24.3 Å². The summed E-state index contributed by atoms with van der Waals surface area (Å²) in [4.78, 5) is 37.4. The topological polar surface area (TPSA) is 118 Å². The summed E-state index contributed by atoms with van der Waals surface area (Å²) < 4.78 is 12.1. The monoisotopic (exact) mass is 524 g/mol. The number of carbonyl (C=O) groups is 2. The van der Waals surface area contributed by atoms with Gasteiger partial charge in [-0.25, -0.2) is 0 Å². The summed E-state index contributed by atoms with van der Waals surface area (Å²) in [5.41, 5.74) is 0.211. The minimum absolute atomic E-state index is 0.0124. The van der Waals surface area contributed by atoms with Crippen molar-refractivity contribution in [2.45, 2.75) is 68.8 Å². The van der Waals surface area contributed by atoms with Crippen LogP contribution in [-0.2, 0) is 29.3 Å². The number of aliphatic hydroxyl groups is 2. The number of hydrogen-bond donors (Lipinski definition) is 2. The van der Waals surface area contributed by atoms with Gasteiger partial charge < -0.3 is 19.7 Å². The van der Waals surface area contributed by atoms with E-state index in [2.05, 4.69) is 6.92 Å². The molecule has 1 aromatic rings. The standard InChI is InChI=1S/C29H36N2O7/c1-14-8-22-24(17(14)12-32)16(26(33)38-22)10-28(2,35)25-15-9-23-29(11-20(30-25)18(15)13-37-23)19-6-4-5-7-21(19)31(36-3)27(29)34/h4-7,14-18,20,22-24,32,35H,8-13H2,1-3H3. The van der Waals surface area contributed by atoms with Crippen molar-refractivity contribution in [3.63, 3.8) is 0 Å². The first-order valence-corrected chi connectivity index (χ1v) is 13.9. The molecule has 2 N–H and O–H groups in total. The first kappa shape index (κ1) is 24.7. The van der Waals surface area contributed by atoms with E-state index in [9.17, 15) is 19.8 Å². The Bertz CT molecular complexity index is 1220. The average molecular weight is 525 g/mol. The third kappa shape index (κ3) is 3.10. The fraction of sp³-hybridized carbons (Fsp3) is 0.690. The third-order valence-electron chi connectivity index (χ3n) is 10.7. The zero-order valence-electron chi connectivity index (χ0n) is 22.1. The Kier molecular flexibility index (Phi) is 5.42. The molecular formula is C29H36N2O7. The van der Waals surface area contributed by atoms with Crippen LogP contribution in [0.5, 0.6) is 0 Å². The molecule has 204 valence electrons. The van der Waals surface area contributed by atoms with Crippen molar-refractivity contribution in [3.8, 4) is 0 Å². The Hall–Kier alpha value is -2.33. The molecule has 2 saturated carbocycles. The molecule has 11 atom stereocenters. The maximum Gasteiger partial charge on any atom is 0.309 e. The van der Waals surface area contributed by atoms with Gasteiger partial charge in [-0.05, 0) is 56.1 Å². The molecule has 1 spiro atoms. The number of para-hydroxylation sites is 1. The smallest absolute Gasteiger partial charge is 0.309 e. The first-order valence-electron chi connectivity index (χ1n) is 13.9. The van der Waals surface area contributed by atoms with Crippen LogP contribution >= 0.6 is 0 Å². The predicted molar refractivity (Wildman–Crippen MR) is 136 cm³/mol. The molecule has 9 nitrogen and oxygen atoms in total. The number of amides is 1. The molecule has 5 fully saturated rings. The van der Waals surface area contributed by atoms with Gasteiger partial charge in [0.15, 0.2) is 0 Å². The molecule has 0 aromatic heterocycles. The second-order valence-electron chi connectivity index (χ2n) is 12.6. The second kappa shape index (κ2) is 8.34. The van der Waals surface area contributed by atoms with Gasteiger partial charge in [0.05, 0.1) is 37.5 Å². The summed E-state index contributed by atoms with van der Waals surface area (Å²) in [6.45, 7) is 4.35. The lowest BCUT2D eigenvalue weighted by Gasteiger charge is -2.41. The van der Waals surface area contributed by atoms with Crippen LogP contribution in [0.2, 0.25) is 0 Å². The predicted octanol–water partition coefficient (Wildman–Crippen LogP) is 2.03. The molecule has 1 amide bonds. The van der Waals surface area contributed by atoms with E-state index in [0.29, 0.717) is 19.4 Å². The summed E-state index contributed by atoms with van der Waals surface area (Å²) in [6.07, 6.45) is 1.49. The first-order chi connectivity index (χ1) is 18.2. The Morgan fingerprint density at radius 1 is 1.26 bits per heavy atom. The average Bonchev–Trinajstić information content (AvgIpc) is 3.51. The number of esters is 1. The molecule has 7 aliphatic rings. The van der Waals surface area contributed by atoms with Crippen molar-refractivity contribution in [3.05, 3.63) is 29.8 Å². The van der Waals surface area contributed by atoms with Crippen LogP contribution in [-0.4, -0.2) is 72.0 Å². The van der Waals surface area contributed by atoms with Gasteiger partial charge in [0.2, 0.25) is 0 Å². The van der Waals surface area contributed by atoms with Gasteiger partial charge in [-0.2, -0.15) is 5.06 Å².